The van der Waals surface area contributed by atoms with Crippen molar-refractivity contribution >= 4 is 21.7 Å². The summed E-state index contributed by atoms with van der Waals surface area (Å²) in [6.45, 7) is 2.74. The predicted octanol–water partition coefficient (Wildman–Crippen LogP) is 2.34. The van der Waals surface area contributed by atoms with Gasteiger partial charge in [0.05, 0.1) is 16.1 Å². The molecule has 0 unspecified atom stereocenters. The molecule has 2 aromatic carbocycles. The average Bonchev–Trinajstić information content (AvgIpc) is 2.62. The fraction of sp³-hybridized carbons (Fsp3) is 0.278. The van der Waals surface area contributed by atoms with Crippen molar-refractivity contribution in [2.24, 2.45) is 0 Å². The van der Waals surface area contributed by atoms with E-state index in [4.69, 9.17) is 0 Å². The van der Waals surface area contributed by atoms with Crippen molar-refractivity contribution in [3.8, 4) is 0 Å². The average molecular weight is 378 g/mol. The first-order valence-corrected chi connectivity index (χ1v) is 9.58. The van der Waals surface area contributed by atoms with Crippen LogP contribution >= 0.6 is 0 Å². The summed E-state index contributed by atoms with van der Waals surface area (Å²) in [6.07, 6.45) is 0. The molecule has 2 aromatic rings. The fourth-order valence-corrected chi connectivity index (χ4v) is 4.47. The zero-order chi connectivity index (χ0) is 18.9. The van der Waals surface area contributed by atoms with Gasteiger partial charge in [-0.2, -0.15) is 4.31 Å². The highest BCUT2D eigenvalue weighted by Gasteiger charge is 2.30. The van der Waals surface area contributed by atoms with E-state index in [0.717, 1.165) is 0 Å². The van der Waals surface area contributed by atoms with Crippen LogP contribution in [0.4, 0.5) is 10.1 Å². The summed E-state index contributed by atoms with van der Waals surface area (Å²) >= 11 is 0. The molecule has 1 saturated heterocycles. The summed E-state index contributed by atoms with van der Waals surface area (Å²) in [5.41, 5.74) is 0.921. The number of hydrogen-bond acceptors (Lipinski definition) is 4. The van der Waals surface area contributed by atoms with Gasteiger partial charge in [-0.05, 0) is 36.8 Å². The monoisotopic (exact) mass is 378 g/mol. The van der Waals surface area contributed by atoms with Crippen LogP contribution in [0.2, 0.25) is 0 Å². The smallest absolute Gasteiger partial charge is 0.335 e. The van der Waals surface area contributed by atoms with Crippen molar-refractivity contribution in [1.29, 1.82) is 0 Å². The highest BCUT2D eigenvalue weighted by atomic mass is 32.2. The van der Waals surface area contributed by atoms with E-state index < -0.39 is 16.0 Å². The van der Waals surface area contributed by atoms with Crippen molar-refractivity contribution in [2.45, 2.75) is 11.8 Å². The molecule has 1 N–H and O–H groups in total. The second-order valence-electron chi connectivity index (χ2n) is 6.12. The van der Waals surface area contributed by atoms with E-state index in [1.165, 1.54) is 28.6 Å². The summed E-state index contributed by atoms with van der Waals surface area (Å²) in [5, 5.41) is 9.20. The van der Waals surface area contributed by atoms with Crippen molar-refractivity contribution in [1.82, 2.24) is 4.31 Å². The Morgan fingerprint density at radius 3 is 2.35 bits per heavy atom. The number of anilines is 1. The van der Waals surface area contributed by atoms with Crippen LogP contribution in [-0.2, 0) is 10.0 Å². The molecule has 1 heterocycles. The minimum absolute atomic E-state index is 0.0314. The van der Waals surface area contributed by atoms with Crippen molar-refractivity contribution in [3.05, 3.63) is 59.4 Å². The first-order chi connectivity index (χ1) is 12.3. The Labute approximate surface area is 151 Å². The lowest BCUT2D eigenvalue weighted by Crippen LogP contribution is -2.48. The number of piperazine rings is 1. The lowest BCUT2D eigenvalue weighted by atomic mass is 10.1. The molecule has 26 heavy (non-hydrogen) atoms. The van der Waals surface area contributed by atoms with E-state index >= 15 is 0 Å². The summed E-state index contributed by atoms with van der Waals surface area (Å²) < 4.78 is 40.9. The van der Waals surface area contributed by atoms with Crippen LogP contribution in [0.15, 0.2) is 47.4 Å². The van der Waals surface area contributed by atoms with Crippen molar-refractivity contribution in [3.63, 3.8) is 0 Å². The Morgan fingerprint density at radius 2 is 1.73 bits per heavy atom. The Hall–Kier alpha value is -2.45. The Balaban J connectivity index is 1.79. The number of para-hydroxylation sites is 1. The second kappa shape index (κ2) is 7.05. The van der Waals surface area contributed by atoms with E-state index in [9.17, 15) is 22.7 Å². The van der Waals surface area contributed by atoms with Crippen molar-refractivity contribution in [2.75, 3.05) is 31.1 Å². The molecule has 1 fully saturated rings. The summed E-state index contributed by atoms with van der Waals surface area (Å²) in [5.74, 6) is -1.50. The van der Waals surface area contributed by atoms with Gasteiger partial charge in [-0.3, -0.25) is 0 Å². The molecule has 1 aliphatic heterocycles. The number of carboxylic acids is 1. The van der Waals surface area contributed by atoms with Gasteiger partial charge >= 0.3 is 5.97 Å². The third-order valence-electron chi connectivity index (χ3n) is 4.51. The molecule has 3 rings (SSSR count). The fourth-order valence-electron chi connectivity index (χ4n) is 3.02. The maximum Gasteiger partial charge on any atom is 0.335 e. The molecule has 0 bridgehead atoms. The summed E-state index contributed by atoms with van der Waals surface area (Å²) in [6, 6.07) is 10.5. The number of aromatic carboxylic acids is 1. The summed E-state index contributed by atoms with van der Waals surface area (Å²) in [4.78, 5) is 13.0. The minimum Gasteiger partial charge on any atom is -0.478 e. The predicted molar refractivity (Wildman–Crippen MR) is 95.5 cm³/mol. The van der Waals surface area contributed by atoms with E-state index in [2.05, 4.69) is 0 Å². The van der Waals surface area contributed by atoms with Crippen LogP contribution < -0.4 is 4.90 Å². The molecule has 0 spiro atoms. The highest BCUT2D eigenvalue weighted by molar-refractivity contribution is 7.89. The van der Waals surface area contributed by atoms with Gasteiger partial charge in [0.15, 0.2) is 0 Å². The first kappa shape index (κ1) is 18.3. The van der Waals surface area contributed by atoms with Gasteiger partial charge in [-0.25, -0.2) is 17.6 Å². The molecular weight excluding hydrogens is 359 g/mol. The van der Waals surface area contributed by atoms with Crippen LogP contribution in [0.5, 0.6) is 0 Å². The number of carbonyl (C=O) groups is 1. The number of carboxylic acid groups (broad SMARTS) is 1. The van der Waals surface area contributed by atoms with Gasteiger partial charge in [-0.15, -0.1) is 0 Å². The third kappa shape index (κ3) is 3.42. The number of sulfonamides is 1. The maximum absolute atomic E-state index is 13.9. The quantitative estimate of drug-likeness (QED) is 0.884. The minimum atomic E-state index is -3.80. The third-order valence-corrected chi connectivity index (χ3v) is 6.40. The SMILES string of the molecule is Cc1ccc(S(=O)(=O)N2CCN(c3ccccc3F)CC2)cc1C(=O)O. The highest BCUT2D eigenvalue weighted by Crippen LogP contribution is 2.24. The van der Waals surface area contributed by atoms with Gasteiger partial charge in [0, 0.05) is 26.2 Å². The van der Waals surface area contributed by atoms with Gasteiger partial charge in [0.1, 0.15) is 5.82 Å². The van der Waals surface area contributed by atoms with Crippen LogP contribution in [0.25, 0.3) is 0 Å². The van der Waals surface area contributed by atoms with Crippen LogP contribution in [-0.4, -0.2) is 50.0 Å². The van der Waals surface area contributed by atoms with Gasteiger partial charge < -0.3 is 10.0 Å². The molecule has 0 radical (unpaired) electrons. The molecule has 138 valence electrons. The number of nitrogens with zero attached hydrogens (tertiary/aromatic N) is 2. The molecule has 0 amide bonds. The van der Waals surface area contributed by atoms with Crippen molar-refractivity contribution < 1.29 is 22.7 Å². The Bertz CT molecular complexity index is 938. The number of benzene rings is 2. The molecular formula is C18H19FN2O4S. The molecule has 8 heteroatoms. The van der Waals surface area contributed by atoms with Gasteiger partial charge in [0.25, 0.3) is 0 Å². The molecule has 6 nitrogen and oxygen atoms in total. The zero-order valence-corrected chi connectivity index (χ0v) is 15.0. The standard InChI is InChI=1S/C18H19FN2O4S/c1-13-6-7-14(12-15(13)18(22)23)26(24,25)21-10-8-20(9-11-21)17-5-3-2-4-16(17)19/h2-7,12H,8-11H2,1H3,(H,22,23). The topological polar surface area (TPSA) is 77.9 Å². The second-order valence-corrected chi connectivity index (χ2v) is 8.06. The Kier molecular flexibility index (Phi) is 4.97. The number of aryl methyl sites for hydroxylation is 1. The van der Waals surface area contributed by atoms with Gasteiger partial charge in [-0.1, -0.05) is 18.2 Å². The van der Waals surface area contributed by atoms with Gasteiger partial charge in [0.2, 0.25) is 10.0 Å². The molecule has 0 saturated carbocycles. The Morgan fingerprint density at radius 1 is 1.08 bits per heavy atom. The van der Waals surface area contributed by atoms with Crippen LogP contribution in [0, 0.1) is 12.7 Å². The molecule has 0 atom stereocenters. The zero-order valence-electron chi connectivity index (χ0n) is 14.2. The number of rotatable bonds is 4. The lowest BCUT2D eigenvalue weighted by Gasteiger charge is -2.35. The maximum atomic E-state index is 13.9. The first-order valence-electron chi connectivity index (χ1n) is 8.14. The normalized spacial score (nSPS) is 15.8. The number of halogens is 1. The summed E-state index contributed by atoms with van der Waals surface area (Å²) in [7, 11) is -3.80. The van der Waals surface area contributed by atoms with E-state index in [1.807, 2.05) is 0 Å². The van der Waals surface area contributed by atoms with Crippen LogP contribution in [0.1, 0.15) is 15.9 Å². The van der Waals surface area contributed by atoms with E-state index in [0.29, 0.717) is 24.3 Å². The lowest BCUT2D eigenvalue weighted by molar-refractivity contribution is 0.0696. The largest absolute Gasteiger partial charge is 0.478 e. The van der Waals surface area contributed by atoms with Crippen LogP contribution in [0.3, 0.4) is 0 Å². The molecule has 1 aliphatic rings. The number of hydrogen-bond donors (Lipinski definition) is 1. The van der Waals surface area contributed by atoms with E-state index in [1.54, 1.807) is 30.0 Å². The molecule has 0 aliphatic carbocycles. The molecule has 0 aromatic heterocycles. The van der Waals surface area contributed by atoms with E-state index in [-0.39, 0.29) is 29.4 Å².